The molecule has 0 bridgehead atoms. The van der Waals surface area contributed by atoms with Crippen LogP contribution in [-0.2, 0) is 21.7 Å². The molecule has 10 heteroatoms. The number of pyridine rings is 2. The van der Waals surface area contributed by atoms with Crippen LogP contribution in [0.1, 0.15) is 11.1 Å². The van der Waals surface area contributed by atoms with Gasteiger partial charge in [-0.2, -0.15) is 8.42 Å². The molecule has 1 radical (unpaired) electrons. The Hall–Kier alpha value is -4.18. The monoisotopic (exact) mass is 447 g/mol. The lowest BCUT2D eigenvalue weighted by Crippen LogP contribution is -2.33. The van der Waals surface area contributed by atoms with Gasteiger partial charge in [-0.15, -0.1) is 4.40 Å². The second kappa shape index (κ2) is 7.20. The van der Waals surface area contributed by atoms with E-state index >= 15 is 0 Å². The third-order valence-corrected chi connectivity index (χ3v) is 6.45. The first kappa shape index (κ1) is 19.8. The van der Waals surface area contributed by atoms with Crippen molar-refractivity contribution in [3.05, 3.63) is 88.3 Å². The van der Waals surface area contributed by atoms with E-state index < -0.39 is 32.9 Å². The standard InChI is InChI=1S/C22H15N4O5S/c27-15-9-4-10-16-18(15)24-20(25-32(16,30)31)17-19(28)14-8-5-11-23-21(14)26(22(17)29)12-13-6-2-1-3-7-13/h1-11,28H,12H2,(H,24,25). The predicted octanol–water partition coefficient (Wildman–Crippen LogP) is 2.86. The fourth-order valence-corrected chi connectivity index (χ4v) is 4.79. The SMILES string of the molecule is [O]c1cccc2c1NC(c1c(O)c3cccnc3n(Cc3ccccc3)c1=O)=NS2(=O)=O. The Bertz CT molecular complexity index is 1580. The fourth-order valence-electron chi connectivity index (χ4n) is 3.66. The zero-order valence-corrected chi connectivity index (χ0v) is 17.2. The molecule has 2 N–H and O–H groups in total. The van der Waals surface area contributed by atoms with E-state index in [1.165, 1.54) is 29.0 Å². The van der Waals surface area contributed by atoms with E-state index in [4.69, 9.17) is 0 Å². The highest BCUT2D eigenvalue weighted by atomic mass is 32.2. The van der Waals surface area contributed by atoms with Crippen molar-refractivity contribution in [2.24, 2.45) is 4.40 Å². The molecule has 0 atom stereocenters. The van der Waals surface area contributed by atoms with Crippen molar-refractivity contribution in [3.63, 3.8) is 0 Å². The molecule has 0 amide bonds. The molecular weight excluding hydrogens is 432 g/mol. The molecule has 0 spiro atoms. The summed E-state index contributed by atoms with van der Waals surface area (Å²) in [5, 5.41) is 26.1. The van der Waals surface area contributed by atoms with Gasteiger partial charge in [0, 0.05) is 6.20 Å². The molecule has 0 saturated heterocycles. The topological polar surface area (TPSA) is 134 Å². The number of benzene rings is 2. The number of hydrogen-bond acceptors (Lipinski definition) is 6. The van der Waals surface area contributed by atoms with Crippen LogP contribution in [0.5, 0.6) is 11.5 Å². The Balaban J connectivity index is 1.78. The molecule has 4 aromatic rings. The zero-order chi connectivity index (χ0) is 22.5. The summed E-state index contributed by atoms with van der Waals surface area (Å²) in [4.78, 5) is 17.4. The fraction of sp³-hybridized carbons (Fsp3) is 0.0455. The van der Waals surface area contributed by atoms with Gasteiger partial charge in [0.1, 0.15) is 27.5 Å². The highest BCUT2D eigenvalue weighted by Gasteiger charge is 2.32. The van der Waals surface area contributed by atoms with Crippen LogP contribution in [0.3, 0.4) is 0 Å². The Morgan fingerprint density at radius 2 is 1.78 bits per heavy atom. The number of anilines is 1. The van der Waals surface area contributed by atoms with Gasteiger partial charge >= 0.3 is 0 Å². The van der Waals surface area contributed by atoms with Crippen molar-refractivity contribution in [2.75, 3.05) is 5.32 Å². The summed E-state index contributed by atoms with van der Waals surface area (Å²) < 4.78 is 30.4. The van der Waals surface area contributed by atoms with Crippen molar-refractivity contribution >= 4 is 32.6 Å². The molecule has 3 heterocycles. The molecule has 159 valence electrons. The summed E-state index contributed by atoms with van der Waals surface area (Å²) in [6, 6.07) is 16.0. The highest BCUT2D eigenvalue weighted by Crippen LogP contribution is 2.37. The Morgan fingerprint density at radius 3 is 2.56 bits per heavy atom. The van der Waals surface area contributed by atoms with Gasteiger partial charge in [-0.05, 0) is 29.8 Å². The normalized spacial score (nSPS) is 14.4. The third kappa shape index (κ3) is 3.08. The van der Waals surface area contributed by atoms with E-state index in [1.54, 1.807) is 12.1 Å². The number of aromatic hydroxyl groups is 1. The summed E-state index contributed by atoms with van der Waals surface area (Å²) in [7, 11) is -4.27. The van der Waals surface area contributed by atoms with E-state index in [0.717, 1.165) is 5.56 Å². The van der Waals surface area contributed by atoms with Gasteiger partial charge in [0.25, 0.3) is 15.6 Å². The molecule has 5 rings (SSSR count). The van der Waals surface area contributed by atoms with E-state index in [2.05, 4.69) is 14.7 Å². The molecule has 0 fully saturated rings. The first-order valence-corrected chi connectivity index (χ1v) is 11.0. The molecule has 2 aromatic carbocycles. The summed E-state index contributed by atoms with van der Waals surface area (Å²) in [6.07, 6.45) is 1.49. The predicted molar refractivity (Wildman–Crippen MR) is 117 cm³/mol. The van der Waals surface area contributed by atoms with Crippen molar-refractivity contribution in [1.82, 2.24) is 9.55 Å². The van der Waals surface area contributed by atoms with Gasteiger partial charge in [0.2, 0.25) is 5.75 Å². The van der Waals surface area contributed by atoms with Crippen LogP contribution in [-0.4, -0.2) is 28.9 Å². The van der Waals surface area contributed by atoms with E-state index in [1.807, 2.05) is 30.3 Å². The summed E-state index contributed by atoms with van der Waals surface area (Å²) in [5.74, 6) is -1.48. The molecule has 0 saturated carbocycles. The molecule has 9 nitrogen and oxygen atoms in total. The number of amidine groups is 1. The van der Waals surface area contributed by atoms with Crippen molar-refractivity contribution < 1.29 is 18.6 Å². The van der Waals surface area contributed by atoms with Crippen LogP contribution in [0.15, 0.2) is 80.9 Å². The molecule has 1 aliphatic rings. The van der Waals surface area contributed by atoms with Crippen LogP contribution >= 0.6 is 0 Å². The van der Waals surface area contributed by atoms with E-state index in [9.17, 15) is 23.4 Å². The number of nitrogens with zero attached hydrogens (tertiary/aromatic N) is 3. The minimum absolute atomic E-state index is 0.129. The van der Waals surface area contributed by atoms with E-state index in [-0.39, 0.29) is 33.7 Å². The van der Waals surface area contributed by atoms with E-state index in [0.29, 0.717) is 0 Å². The maximum Gasteiger partial charge on any atom is 0.286 e. The molecule has 32 heavy (non-hydrogen) atoms. The van der Waals surface area contributed by atoms with Gasteiger partial charge in [0.15, 0.2) is 5.84 Å². The molecule has 0 aliphatic carbocycles. The van der Waals surface area contributed by atoms with Crippen LogP contribution in [0.2, 0.25) is 0 Å². The Kier molecular flexibility index (Phi) is 4.45. The largest absolute Gasteiger partial charge is 0.506 e. The second-order valence-electron chi connectivity index (χ2n) is 7.14. The highest BCUT2D eigenvalue weighted by molar-refractivity contribution is 7.90. The zero-order valence-electron chi connectivity index (χ0n) is 16.4. The van der Waals surface area contributed by atoms with Gasteiger partial charge in [-0.3, -0.25) is 14.5 Å². The quantitative estimate of drug-likeness (QED) is 0.496. The summed E-state index contributed by atoms with van der Waals surface area (Å²) in [6.45, 7) is 0.129. The molecule has 0 unspecified atom stereocenters. The maximum absolute atomic E-state index is 13.5. The van der Waals surface area contributed by atoms with Gasteiger partial charge in [0.05, 0.1) is 11.9 Å². The van der Waals surface area contributed by atoms with Crippen molar-refractivity contribution in [2.45, 2.75) is 11.4 Å². The smallest absolute Gasteiger partial charge is 0.286 e. The Morgan fingerprint density at radius 1 is 1.00 bits per heavy atom. The molecular formula is C22H15N4O5S. The first-order chi connectivity index (χ1) is 15.4. The first-order valence-electron chi connectivity index (χ1n) is 9.53. The summed E-state index contributed by atoms with van der Waals surface area (Å²) in [5.41, 5.74) is -0.259. The average molecular weight is 447 g/mol. The minimum atomic E-state index is -4.27. The number of rotatable bonds is 3. The lowest BCUT2D eigenvalue weighted by molar-refractivity contribution is 0.356. The van der Waals surface area contributed by atoms with Crippen LogP contribution in [0.25, 0.3) is 11.0 Å². The number of nitrogens with one attached hydrogen (secondary N) is 1. The van der Waals surface area contributed by atoms with Crippen molar-refractivity contribution in [1.29, 1.82) is 0 Å². The number of hydrogen-bond donors (Lipinski definition) is 2. The van der Waals surface area contributed by atoms with Crippen LogP contribution in [0, 0.1) is 0 Å². The van der Waals surface area contributed by atoms with Gasteiger partial charge < -0.3 is 10.4 Å². The second-order valence-corrected chi connectivity index (χ2v) is 8.72. The summed E-state index contributed by atoms with van der Waals surface area (Å²) >= 11 is 0. The van der Waals surface area contributed by atoms with Crippen molar-refractivity contribution in [3.8, 4) is 11.5 Å². The number of para-hydroxylation sites is 1. The number of fused-ring (bicyclic) bond motifs is 2. The van der Waals surface area contributed by atoms with Crippen LogP contribution < -0.4 is 10.9 Å². The van der Waals surface area contributed by atoms with Gasteiger partial charge in [-0.25, -0.2) is 4.98 Å². The van der Waals surface area contributed by atoms with Gasteiger partial charge in [-0.1, -0.05) is 36.4 Å². The molecule has 1 aliphatic heterocycles. The Labute approximate surface area is 182 Å². The lowest BCUT2D eigenvalue weighted by atomic mass is 10.1. The third-order valence-electron chi connectivity index (χ3n) is 5.13. The van der Waals surface area contributed by atoms with Crippen LogP contribution in [0.4, 0.5) is 5.69 Å². The minimum Gasteiger partial charge on any atom is -0.506 e. The molecule has 2 aromatic heterocycles. The average Bonchev–Trinajstić information content (AvgIpc) is 2.78. The number of aromatic nitrogens is 2. The maximum atomic E-state index is 13.5. The lowest BCUT2D eigenvalue weighted by Gasteiger charge is -2.20. The number of sulfonamides is 1.